The van der Waals surface area contributed by atoms with Crippen molar-refractivity contribution in [2.24, 2.45) is 0 Å². The van der Waals surface area contributed by atoms with E-state index in [1.807, 2.05) is 22.9 Å². The van der Waals surface area contributed by atoms with E-state index in [1.54, 1.807) is 12.7 Å². The Morgan fingerprint density at radius 3 is 2.00 bits per heavy atom. The molecule has 28 heavy (non-hydrogen) atoms. The molecule has 0 saturated heterocycles. The summed E-state index contributed by atoms with van der Waals surface area (Å²) in [6.07, 6.45) is 3.30. The summed E-state index contributed by atoms with van der Waals surface area (Å²) in [6.45, 7) is 12.8. The van der Waals surface area contributed by atoms with Crippen LogP contribution in [0.4, 0.5) is 0 Å². The summed E-state index contributed by atoms with van der Waals surface area (Å²) in [5.41, 5.74) is 3.66. The lowest BCUT2D eigenvalue weighted by atomic mass is 9.77. The van der Waals surface area contributed by atoms with E-state index >= 15 is 0 Å². The SMILES string of the molecule is CC(C)(C)c1cc(C(c2ccccc2Br)n2cncn2)cc(C(C)(C)C)c1O. The second kappa shape index (κ2) is 7.36. The molecule has 1 atom stereocenters. The predicted molar refractivity (Wildman–Crippen MR) is 117 cm³/mol. The molecule has 1 aromatic heterocycles. The molecule has 0 aliphatic carbocycles. The number of phenols is 1. The number of aromatic nitrogens is 3. The van der Waals surface area contributed by atoms with E-state index in [9.17, 15) is 5.11 Å². The Morgan fingerprint density at radius 2 is 1.54 bits per heavy atom. The fraction of sp³-hybridized carbons (Fsp3) is 0.391. The lowest BCUT2D eigenvalue weighted by molar-refractivity contribution is 0.421. The van der Waals surface area contributed by atoms with Crippen molar-refractivity contribution < 1.29 is 5.11 Å². The van der Waals surface area contributed by atoms with E-state index in [2.05, 4.69) is 85.8 Å². The third-order valence-electron chi connectivity index (χ3n) is 4.96. The zero-order valence-corrected chi connectivity index (χ0v) is 18.9. The second-order valence-electron chi connectivity index (χ2n) is 9.26. The molecule has 3 aromatic rings. The Kier molecular flexibility index (Phi) is 5.41. The van der Waals surface area contributed by atoms with Crippen molar-refractivity contribution in [3.8, 4) is 5.75 Å². The molecule has 2 aromatic carbocycles. The van der Waals surface area contributed by atoms with E-state index in [4.69, 9.17) is 0 Å². The zero-order chi connectivity index (χ0) is 20.7. The van der Waals surface area contributed by atoms with E-state index in [0.29, 0.717) is 5.75 Å². The molecule has 4 nitrogen and oxygen atoms in total. The Hall–Kier alpha value is -2.14. The Labute approximate surface area is 175 Å². The molecule has 0 bridgehead atoms. The first-order valence-electron chi connectivity index (χ1n) is 9.46. The molecular weight excluding hydrogens is 414 g/mol. The molecule has 0 fully saturated rings. The van der Waals surface area contributed by atoms with Crippen LogP contribution in [-0.2, 0) is 10.8 Å². The number of aromatic hydroxyl groups is 1. The summed E-state index contributed by atoms with van der Waals surface area (Å²) in [5, 5.41) is 15.5. The Bertz CT molecular complexity index is 931. The minimum Gasteiger partial charge on any atom is -0.507 e. The molecule has 5 heteroatoms. The summed E-state index contributed by atoms with van der Waals surface area (Å²) >= 11 is 3.70. The standard InChI is InChI=1S/C23H28BrN3O/c1-22(2,3)17-11-15(12-18(21(17)28)23(4,5)6)20(27-14-25-13-26-27)16-9-7-8-10-19(16)24/h7-14,20,28H,1-6H3. The maximum atomic E-state index is 11.1. The Morgan fingerprint density at radius 1 is 0.964 bits per heavy atom. The lowest BCUT2D eigenvalue weighted by Gasteiger charge is -2.30. The van der Waals surface area contributed by atoms with Gasteiger partial charge in [-0.3, -0.25) is 0 Å². The number of phenolic OH excluding ortho intramolecular Hbond substituents is 1. The van der Waals surface area contributed by atoms with Crippen LogP contribution in [0.1, 0.15) is 69.8 Å². The van der Waals surface area contributed by atoms with Crippen molar-refractivity contribution in [3.63, 3.8) is 0 Å². The van der Waals surface area contributed by atoms with Gasteiger partial charge in [-0.15, -0.1) is 0 Å². The van der Waals surface area contributed by atoms with Gasteiger partial charge in [0.2, 0.25) is 0 Å². The van der Waals surface area contributed by atoms with Crippen molar-refractivity contribution >= 4 is 15.9 Å². The minimum absolute atomic E-state index is 0.152. The highest BCUT2D eigenvalue weighted by Crippen LogP contribution is 2.42. The summed E-state index contributed by atoms with van der Waals surface area (Å²) in [6, 6.07) is 12.2. The molecule has 1 heterocycles. The third kappa shape index (κ3) is 4.00. The van der Waals surface area contributed by atoms with E-state index < -0.39 is 0 Å². The molecule has 0 amide bonds. The fourth-order valence-electron chi connectivity index (χ4n) is 3.48. The monoisotopic (exact) mass is 441 g/mol. The highest BCUT2D eigenvalue weighted by atomic mass is 79.9. The van der Waals surface area contributed by atoms with Gasteiger partial charge in [0.05, 0.1) is 0 Å². The van der Waals surface area contributed by atoms with Crippen LogP contribution < -0.4 is 0 Å². The van der Waals surface area contributed by atoms with E-state index in [0.717, 1.165) is 26.7 Å². The molecule has 0 saturated carbocycles. The van der Waals surface area contributed by atoms with Crippen molar-refractivity contribution in [2.75, 3.05) is 0 Å². The zero-order valence-electron chi connectivity index (χ0n) is 17.4. The van der Waals surface area contributed by atoms with Crippen LogP contribution in [0.15, 0.2) is 53.5 Å². The number of benzene rings is 2. The van der Waals surface area contributed by atoms with Crippen LogP contribution in [0, 0.1) is 0 Å². The van der Waals surface area contributed by atoms with Crippen LogP contribution in [-0.4, -0.2) is 19.9 Å². The molecule has 1 N–H and O–H groups in total. The van der Waals surface area contributed by atoms with Gasteiger partial charge in [-0.2, -0.15) is 5.10 Å². The van der Waals surface area contributed by atoms with Crippen LogP contribution in [0.2, 0.25) is 0 Å². The predicted octanol–water partition coefficient (Wildman–Crippen LogP) is 5.98. The normalized spacial score (nSPS) is 13.5. The lowest BCUT2D eigenvalue weighted by Crippen LogP contribution is -2.20. The largest absolute Gasteiger partial charge is 0.507 e. The van der Waals surface area contributed by atoms with Gasteiger partial charge < -0.3 is 5.11 Å². The smallest absolute Gasteiger partial charge is 0.137 e. The first kappa shape index (κ1) is 20.6. The molecule has 3 rings (SSSR count). The first-order chi connectivity index (χ1) is 13.0. The second-order valence-corrected chi connectivity index (χ2v) is 10.1. The number of hydrogen-bond acceptors (Lipinski definition) is 3. The summed E-state index contributed by atoms with van der Waals surface area (Å²) in [7, 11) is 0. The molecule has 0 aliphatic heterocycles. The molecule has 1 unspecified atom stereocenters. The number of hydrogen-bond donors (Lipinski definition) is 1. The highest BCUT2D eigenvalue weighted by molar-refractivity contribution is 9.10. The maximum absolute atomic E-state index is 11.1. The molecule has 0 aliphatic rings. The average molecular weight is 442 g/mol. The van der Waals surface area contributed by atoms with Gasteiger partial charge in [0.1, 0.15) is 24.4 Å². The van der Waals surface area contributed by atoms with Crippen molar-refractivity contribution in [2.45, 2.75) is 58.4 Å². The van der Waals surface area contributed by atoms with Gasteiger partial charge in [0.25, 0.3) is 0 Å². The van der Waals surface area contributed by atoms with Crippen molar-refractivity contribution in [1.82, 2.24) is 14.8 Å². The minimum atomic E-state index is -0.194. The molecular formula is C23H28BrN3O. The third-order valence-corrected chi connectivity index (χ3v) is 5.69. The van der Waals surface area contributed by atoms with Gasteiger partial charge in [0.15, 0.2) is 0 Å². The number of rotatable bonds is 3. The van der Waals surface area contributed by atoms with Gasteiger partial charge in [-0.05, 0) is 51.3 Å². The number of halogens is 1. The Balaban J connectivity index is 2.34. The molecule has 0 spiro atoms. The first-order valence-corrected chi connectivity index (χ1v) is 10.3. The average Bonchev–Trinajstić information content (AvgIpc) is 3.10. The van der Waals surface area contributed by atoms with Crippen LogP contribution in [0.3, 0.4) is 0 Å². The van der Waals surface area contributed by atoms with E-state index in [-0.39, 0.29) is 16.9 Å². The topological polar surface area (TPSA) is 50.9 Å². The highest BCUT2D eigenvalue weighted by Gasteiger charge is 2.29. The molecule has 148 valence electrons. The maximum Gasteiger partial charge on any atom is 0.137 e. The van der Waals surface area contributed by atoms with Crippen LogP contribution >= 0.6 is 15.9 Å². The van der Waals surface area contributed by atoms with Crippen LogP contribution in [0.25, 0.3) is 0 Å². The quantitative estimate of drug-likeness (QED) is 0.543. The van der Waals surface area contributed by atoms with E-state index in [1.165, 1.54) is 0 Å². The summed E-state index contributed by atoms with van der Waals surface area (Å²) in [5.74, 6) is 0.383. The summed E-state index contributed by atoms with van der Waals surface area (Å²) in [4.78, 5) is 4.17. The van der Waals surface area contributed by atoms with Crippen LogP contribution in [0.5, 0.6) is 5.75 Å². The van der Waals surface area contributed by atoms with Crippen molar-refractivity contribution in [3.05, 3.63) is 75.8 Å². The van der Waals surface area contributed by atoms with Gasteiger partial charge >= 0.3 is 0 Å². The summed E-state index contributed by atoms with van der Waals surface area (Å²) < 4.78 is 2.88. The van der Waals surface area contributed by atoms with Gasteiger partial charge in [0, 0.05) is 4.47 Å². The molecule has 0 radical (unpaired) electrons. The van der Waals surface area contributed by atoms with Crippen molar-refractivity contribution in [1.29, 1.82) is 0 Å². The fourth-order valence-corrected chi connectivity index (χ4v) is 3.98. The van der Waals surface area contributed by atoms with Gasteiger partial charge in [-0.25, -0.2) is 9.67 Å². The number of nitrogens with zero attached hydrogens (tertiary/aromatic N) is 3. The van der Waals surface area contributed by atoms with Gasteiger partial charge in [-0.1, -0.05) is 75.7 Å².